The SMILES string of the molecule is C/C=C1\CN(C)C2CC3(C(=O)N(OC)c4ccccc43)C3CC1(O)C2CO3. The molecule has 6 nitrogen and oxygen atoms in total. The van der Waals surface area contributed by atoms with Crippen LogP contribution in [-0.4, -0.2) is 61.0 Å². The highest BCUT2D eigenvalue weighted by Crippen LogP contribution is 2.58. The van der Waals surface area contributed by atoms with Gasteiger partial charge in [-0.15, -0.1) is 0 Å². The zero-order chi connectivity index (χ0) is 19.0. The molecule has 1 aromatic carbocycles. The summed E-state index contributed by atoms with van der Waals surface area (Å²) in [6, 6.07) is 7.89. The summed E-state index contributed by atoms with van der Waals surface area (Å²) in [5.74, 6) is -0.113. The molecule has 4 fully saturated rings. The molecular weight excluding hydrogens is 344 g/mol. The number of likely N-dealkylation sites (tertiary alicyclic amines) is 1. The Balaban J connectivity index is 1.73. The molecule has 4 bridgehead atoms. The molecule has 0 radical (unpaired) electrons. The Kier molecular flexibility index (Phi) is 3.63. The Hall–Kier alpha value is -1.73. The molecule has 6 heteroatoms. The number of allylic oxidation sites excluding steroid dienone is 1. The lowest BCUT2D eigenvalue weighted by Gasteiger charge is -2.51. The van der Waals surface area contributed by atoms with E-state index in [9.17, 15) is 9.90 Å². The van der Waals surface area contributed by atoms with Crippen molar-refractivity contribution in [2.24, 2.45) is 5.92 Å². The lowest BCUT2D eigenvalue weighted by molar-refractivity contribution is -0.157. The van der Waals surface area contributed by atoms with Gasteiger partial charge < -0.3 is 9.84 Å². The van der Waals surface area contributed by atoms with E-state index in [0.29, 0.717) is 19.4 Å². The second-order valence-electron chi connectivity index (χ2n) is 8.33. The van der Waals surface area contributed by atoms with Crippen LogP contribution in [0.1, 0.15) is 25.3 Å². The van der Waals surface area contributed by atoms with E-state index in [2.05, 4.69) is 11.9 Å². The second kappa shape index (κ2) is 5.64. The largest absolute Gasteiger partial charge is 0.385 e. The number of ether oxygens (including phenoxy) is 1. The molecule has 1 saturated carbocycles. The fourth-order valence-corrected chi connectivity index (χ4v) is 6.02. The summed E-state index contributed by atoms with van der Waals surface area (Å²) in [5, 5.41) is 13.1. The standard InChI is InChI=1S/C21H26N2O4/c1-4-13-11-22(2)17-9-20(18-10-21(13,25)15(17)12-27-18)14-7-5-6-8-16(14)23(26-3)19(20)24/h4-8,15,17-18,25H,9-12H2,1-3H3/b13-4+. The normalized spacial score (nSPS) is 42.1. The number of hydrogen-bond donors (Lipinski definition) is 1. The summed E-state index contributed by atoms with van der Waals surface area (Å²) in [7, 11) is 3.61. The number of anilines is 1. The molecule has 27 heavy (non-hydrogen) atoms. The van der Waals surface area contributed by atoms with Gasteiger partial charge in [-0.3, -0.25) is 14.5 Å². The molecule has 1 amide bonds. The van der Waals surface area contributed by atoms with Gasteiger partial charge in [-0.05, 0) is 37.6 Å². The van der Waals surface area contributed by atoms with Crippen LogP contribution in [0.2, 0.25) is 0 Å². The quantitative estimate of drug-likeness (QED) is 0.762. The summed E-state index contributed by atoms with van der Waals surface area (Å²) in [6.45, 7) is 3.18. The number of carbonyl (C=O) groups is 1. The third kappa shape index (κ3) is 1.96. The number of nitrogens with zero attached hydrogens (tertiary/aromatic N) is 2. The van der Waals surface area contributed by atoms with Crippen LogP contribution in [0.25, 0.3) is 0 Å². The number of hydroxylamine groups is 1. The number of rotatable bonds is 1. The monoisotopic (exact) mass is 370 g/mol. The summed E-state index contributed by atoms with van der Waals surface area (Å²) >= 11 is 0. The first-order chi connectivity index (χ1) is 13.0. The van der Waals surface area contributed by atoms with Gasteiger partial charge in [0.2, 0.25) is 0 Å². The van der Waals surface area contributed by atoms with Crippen molar-refractivity contribution in [3.63, 3.8) is 0 Å². The maximum absolute atomic E-state index is 13.7. The molecule has 1 aliphatic carbocycles. The van der Waals surface area contributed by atoms with Gasteiger partial charge in [0.25, 0.3) is 5.91 Å². The minimum absolute atomic E-state index is 0.0327. The zero-order valence-corrected chi connectivity index (χ0v) is 16.0. The molecule has 5 aliphatic rings. The molecule has 1 N–H and O–H groups in total. The number of benzene rings is 1. The summed E-state index contributed by atoms with van der Waals surface area (Å²) in [6.07, 6.45) is 2.73. The van der Waals surface area contributed by atoms with E-state index in [1.165, 1.54) is 12.2 Å². The Bertz CT molecular complexity index is 839. The van der Waals surface area contributed by atoms with Crippen molar-refractivity contribution < 1.29 is 19.5 Å². The highest BCUT2D eigenvalue weighted by molar-refractivity contribution is 6.07. The van der Waals surface area contributed by atoms with Crippen LogP contribution in [0.5, 0.6) is 0 Å². The van der Waals surface area contributed by atoms with Crippen LogP contribution in [0.4, 0.5) is 5.69 Å². The fraction of sp³-hybridized carbons (Fsp3) is 0.571. The number of para-hydroxylation sites is 1. The first-order valence-electron chi connectivity index (χ1n) is 9.65. The fourth-order valence-electron chi connectivity index (χ4n) is 6.02. The molecule has 144 valence electrons. The van der Waals surface area contributed by atoms with Gasteiger partial charge in [-0.2, -0.15) is 5.06 Å². The van der Waals surface area contributed by atoms with Crippen LogP contribution in [-0.2, 0) is 19.8 Å². The number of amides is 1. The number of hydrogen-bond acceptors (Lipinski definition) is 5. The molecule has 1 spiro atoms. The van der Waals surface area contributed by atoms with Crippen LogP contribution in [0.15, 0.2) is 35.9 Å². The van der Waals surface area contributed by atoms with Crippen molar-refractivity contribution in [2.75, 3.05) is 32.4 Å². The maximum atomic E-state index is 13.7. The third-order valence-electron chi connectivity index (χ3n) is 7.37. The van der Waals surface area contributed by atoms with Crippen molar-refractivity contribution in [1.82, 2.24) is 4.90 Å². The van der Waals surface area contributed by atoms with E-state index >= 15 is 0 Å². The van der Waals surface area contributed by atoms with Crippen molar-refractivity contribution >= 4 is 11.6 Å². The highest BCUT2D eigenvalue weighted by atomic mass is 16.7. The number of fused-ring (bicyclic) bond motifs is 2. The molecule has 4 heterocycles. The minimum atomic E-state index is -0.909. The summed E-state index contributed by atoms with van der Waals surface area (Å²) in [5.41, 5.74) is 1.05. The van der Waals surface area contributed by atoms with E-state index < -0.39 is 11.0 Å². The van der Waals surface area contributed by atoms with E-state index in [0.717, 1.165) is 23.4 Å². The number of aliphatic hydroxyl groups is 1. The smallest absolute Gasteiger partial charge is 0.264 e. The third-order valence-corrected chi connectivity index (χ3v) is 7.37. The average molecular weight is 370 g/mol. The van der Waals surface area contributed by atoms with Crippen molar-refractivity contribution in [2.45, 2.75) is 42.9 Å². The Morgan fingerprint density at radius 3 is 2.85 bits per heavy atom. The number of piperidine rings is 1. The average Bonchev–Trinajstić information content (AvgIpc) is 2.77. The maximum Gasteiger partial charge on any atom is 0.264 e. The van der Waals surface area contributed by atoms with Gasteiger partial charge in [0.1, 0.15) is 5.41 Å². The minimum Gasteiger partial charge on any atom is -0.385 e. The first-order valence-corrected chi connectivity index (χ1v) is 9.65. The Morgan fingerprint density at radius 1 is 1.33 bits per heavy atom. The van der Waals surface area contributed by atoms with Crippen molar-refractivity contribution in [3.05, 3.63) is 41.5 Å². The van der Waals surface area contributed by atoms with Gasteiger partial charge in [0.15, 0.2) is 0 Å². The van der Waals surface area contributed by atoms with E-state index in [4.69, 9.17) is 9.57 Å². The lowest BCUT2D eigenvalue weighted by atomic mass is 9.70. The zero-order valence-electron chi connectivity index (χ0n) is 16.0. The van der Waals surface area contributed by atoms with E-state index in [-0.39, 0.29) is 24.0 Å². The molecule has 4 aliphatic heterocycles. The first kappa shape index (κ1) is 17.4. The van der Waals surface area contributed by atoms with Gasteiger partial charge in [0.05, 0.1) is 31.1 Å². The van der Waals surface area contributed by atoms with Crippen molar-refractivity contribution in [3.8, 4) is 0 Å². The predicted molar refractivity (Wildman–Crippen MR) is 100 cm³/mol. The van der Waals surface area contributed by atoms with Gasteiger partial charge in [0, 0.05) is 24.9 Å². The van der Waals surface area contributed by atoms with E-state index in [1.807, 2.05) is 37.3 Å². The molecule has 1 aromatic rings. The van der Waals surface area contributed by atoms with E-state index in [1.54, 1.807) is 0 Å². The van der Waals surface area contributed by atoms with Gasteiger partial charge in [-0.1, -0.05) is 24.3 Å². The molecule has 6 rings (SSSR count). The molecule has 5 atom stereocenters. The van der Waals surface area contributed by atoms with Crippen LogP contribution < -0.4 is 5.06 Å². The molecular formula is C21H26N2O4. The topological polar surface area (TPSA) is 62.2 Å². The Labute approximate surface area is 159 Å². The van der Waals surface area contributed by atoms with Gasteiger partial charge >= 0.3 is 0 Å². The second-order valence-corrected chi connectivity index (χ2v) is 8.33. The number of likely N-dealkylation sites (N-methyl/N-ethyl adjacent to an activating group) is 1. The Morgan fingerprint density at radius 2 is 2.11 bits per heavy atom. The molecule has 0 aromatic heterocycles. The van der Waals surface area contributed by atoms with Gasteiger partial charge in [-0.25, -0.2) is 0 Å². The molecule has 5 unspecified atom stereocenters. The van der Waals surface area contributed by atoms with Crippen molar-refractivity contribution in [1.29, 1.82) is 0 Å². The van der Waals surface area contributed by atoms with Crippen LogP contribution >= 0.6 is 0 Å². The summed E-state index contributed by atoms with van der Waals surface area (Å²) < 4.78 is 6.29. The van der Waals surface area contributed by atoms with Crippen LogP contribution in [0, 0.1) is 5.92 Å². The van der Waals surface area contributed by atoms with Crippen LogP contribution in [0.3, 0.4) is 0 Å². The predicted octanol–water partition coefficient (Wildman–Crippen LogP) is 1.63. The molecule has 3 saturated heterocycles. The lowest BCUT2D eigenvalue weighted by Crippen LogP contribution is -2.61. The highest BCUT2D eigenvalue weighted by Gasteiger charge is 2.67. The number of carbonyl (C=O) groups excluding carboxylic acids is 1. The summed E-state index contributed by atoms with van der Waals surface area (Å²) in [4.78, 5) is 21.4.